The summed E-state index contributed by atoms with van der Waals surface area (Å²) in [5.41, 5.74) is 3.22. The van der Waals surface area contributed by atoms with Gasteiger partial charge in [0.05, 0.1) is 45.2 Å². The van der Waals surface area contributed by atoms with Crippen LogP contribution in [0.1, 0.15) is 78.4 Å². The van der Waals surface area contributed by atoms with E-state index in [2.05, 4.69) is 103 Å². The quantitative estimate of drug-likeness (QED) is 0.104. The SMILES string of the molecule is COCO[C@@H]1C2CC/C(=C\[C@H]([C@]3(OCc4ccccc4)CO[C@@H]3CCO[Si](C)(C)C(C)(C)C)[C@@H](C)C[C@H]1OCc1ccc(OC)cc1)C2(C)C. The molecule has 0 N–H and O–H groups in total. The summed E-state index contributed by atoms with van der Waals surface area (Å²) in [6.45, 7) is 21.2. The lowest BCUT2D eigenvalue weighted by Gasteiger charge is -2.54. The Bertz CT molecular complexity index is 1390. The molecular weight excluding hydrogens is 645 g/mol. The first-order valence-corrected chi connectivity index (χ1v) is 21.6. The van der Waals surface area contributed by atoms with E-state index < -0.39 is 13.9 Å². The minimum absolute atomic E-state index is 0.0689. The van der Waals surface area contributed by atoms with Gasteiger partial charge in [-0.3, -0.25) is 0 Å². The highest BCUT2D eigenvalue weighted by atomic mass is 28.4. The Balaban J connectivity index is 1.48. The molecule has 2 bridgehead atoms. The minimum atomic E-state index is -1.91. The lowest BCUT2D eigenvalue weighted by molar-refractivity contribution is -0.292. The molecule has 0 amide bonds. The van der Waals surface area contributed by atoms with Crippen molar-refractivity contribution in [2.45, 2.75) is 122 Å². The second-order valence-corrected chi connectivity index (χ2v) is 21.8. The Labute approximate surface area is 303 Å². The molecule has 2 aliphatic carbocycles. The van der Waals surface area contributed by atoms with Crippen molar-refractivity contribution < 1.29 is 32.8 Å². The summed E-state index contributed by atoms with van der Waals surface area (Å²) in [6, 6.07) is 18.7. The highest BCUT2D eigenvalue weighted by molar-refractivity contribution is 6.74. The molecule has 0 spiro atoms. The lowest BCUT2D eigenvalue weighted by atomic mass is 9.69. The maximum absolute atomic E-state index is 7.20. The van der Waals surface area contributed by atoms with E-state index in [0.29, 0.717) is 32.3 Å². The molecule has 0 aromatic heterocycles. The Morgan fingerprint density at radius 1 is 0.920 bits per heavy atom. The Morgan fingerprint density at radius 2 is 1.62 bits per heavy atom. The van der Waals surface area contributed by atoms with Gasteiger partial charge in [0.15, 0.2) is 8.32 Å². The molecule has 2 aromatic carbocycles. The predicted octanol–water partition coefficient (Wildman–Crippen LogP) is 9.35. The number of rotatable bonds is 15. The molecule has 3 aliphatic rings. The standard InChI is InChI=1S/C42H64O7Si/c1-30-24-37(45-26-32-16-19-34(44-8)20-17-32)39(47-29-43-7)35-21-18-33(41(35,5)6)25-36(30)42(48-27-31-14-12-11-13-15-31)28-46-38(42)22-23-49-50(9,10)40(2,3)4/h11-17,19-20,25,30,35-39H,18,21-24,26-29H2,1-10H3/b33-25+/t30-,35?,36-,37+,38+,39+,42+/m0/s1. The molecule has 8 heteroatoms. The van der Waals surface area contributed by atoms with Gasteiger partial charge in [0.25, 0.3) is 0 Å². The molecule has 278 valence electrons. The first-order chi connectivity index (χ1) is 23.7. The zero-order valence-corrected chi connectivity index (χ0v) is 33.5. The van der Waals surface area contributed by atoms with Gasteiger partial charge in [-0.25, -0.2) is 0 Å². The molecule has 0 radical (unpaired) electrons. The van der Waals surface area contributed by atoms with Gasteiger partial charge in [-0.2, -0.15) is 0 Å². The molecule has 7 atom stereocenters. The largest absolute Gasteiger partial charge is 0.497 e. The summed E-state index contributed by atoms with van der Waals surface area (Å²) in [5.74, 6) is 1.49. The fourth-order valence-electron chi connectivity index (χ4n) is 8.14. The van der Waals surface area contributed by atoms with Gasteiger partial charge >= 0.3 is 0 Å². The summed E-state index contributed by atoms with van der Waals surface area (Å²) in [7, 11) is 1.48. The van der Waals surface area contributed by atoms with Crippen LogP contribution in [0, 0.1) is 23.2 Å². The van der Waals surface area contributed by atoms with E-state index in [0.717, 1.165) is 37.0 Å². The van der Waals surface area contributed by atoms with Crippen molar-refractivity contribution in [1.82, 2.24) is 0 Å². The van der Waals surface area contributed by atoms with Gasteiger partial charge in [0.2, 0.25) is 0 Å². The van der Waals surface area contributed by atoms with Crippen LogP contribution < -0.4 is 4.74 Å². The molecule has 1 unspecified atom stereocenters. The number of allylic oxidation sites excluding steroid dienone is 1. The van der Waals surface area contributed by atoms with Gasteiger partial charge < -0.3 is 32.8 Å². The molecule has 1 saturated heterocycles. The van der Waals surface area contributed by atoms with Gasteiger partial charge in [-0.05, 0) is 84.3 Å². The van der Waals surface area contributed by atoms with Crippen molar-refractivity contribution in [1.29, 1.82) is 0 Å². The Morgan fingerprint density at radius 3 is 2.24 bits per heavy atom. The summed E-state index contributed by atoms with van der Waals surface area (Å²) >= 11 is 0. The summed E-state index contributed by atoms with van der Waals surface area (Å²) in [6.07, 6.45) is 6.00. The third-order valence-corrected chi connectivity index (χ3v) is 17.0. The number of benzene rings is 2. The van der Waals surface area contributed by atoms with Crippen molar-refractivity contribution in [2.24, 2.45) is 23.2 Å². The number of hydrogen-bond acceptors (Lipinski definition) is 7. The van der Waals surface area contributed by atoms with Crippen LogP contribution >= 0.6 is 0 Å². The van der Waals surface area contributed by atoms with Crippen LogP contribution in [-0.2, 0) is 41.3 Å². The minimum Gasteiger partial charge on any atom is -0.497 e. The van der Waals surface area contributed by atoms with Gasteiger partial charge in [-0.15, -0.1) is 0 Å². The maximum atomic E-state index is 7.20. The maximum Gasteiger partial charge on any atom is 0.191 e. The number of fused-ring (bicyclic) bond motifs is 2. The first kappa shape index (κ1) is 39.2. The fraction of sp³-hybridized carbons (Fsp3) is 0.667. The van der Waals surface area contributed by atoms with E-state index in [1.807, 2.05) is 12.1 Å². The number of ether oxygens (including phenoxy) is 6. The van der Waals surface area contributed by atoms with Crippen LogP contribution in [-0.4, -0.2) is 66.5 Å². The smallest absolute Gasteiger partial charge is 0.191 e. The molecular formula is C42H64O7Si. The van der Waals surface area contributed by atoms with Crippen molar-refractivity contribution in [2.75, 3.05) is 34.2 Å². The third-order valence-electron chi connectivity index (χ3n) is 12.5. The highest BCUT2D eigenvalue weighted by Crippen LogP contribution is 2.55. The third kappa shape index (κ3) is 8.59. The van der Waals surface area contributed by atoms with Crippen LogP contribution in [0.2, 0.25) is 18.1 Å². The van der Waals surface area contributed by atoms with Gasteiger partial charge in [-0.1, -0.05) is 95.7 Å². The molecule has 2 aromatic rings. The average molecular weight is 709 g/mol. The van der Waals surface area contributed by atoms with Crippen LogP contribution in [0.25, 0.3) is 0 Å². The lowest BCUT2D eigenvalue weighted by Crippen LogP contribution is -2.65. The van der Waals surface area contributed by atoms with E-state index in [1.165, 1.54) is 11.1 Å². The van der Waals surface area contributed by atoms with Crippen LogP contribution in [0.15, 0.2) is 66.2 Å². The summed E-state index contributed by atoms with van der Waals surface area (Å²) in [5, 5.41) is 0.151. The van der Waals surface area contributed by atoms with Gasteiger partial charge in [0.1, 0.15) is 18.1 Å². The zero-order chi connectivity index (χ0) is 36.2. The van der Waals surface area contributed by atoms with Crippen LogP contribution in [0.4, 0.5) is 0 Å². The zero-order valence-electron chi connectivity index (χ0n) is 32.5. The van der Waals surface area contributed by atoms with E-state index in [-0.39, 0.29) is 47.4 Å². The fourth-order valence-corrected chi connectivity index (χ4v) is 9.20. The number of hydrogen-bond donors (Lipinski definition) is 0. The second kappa shape index (κ2) is 16.3. The van der Waals surface area contributed by atoms with Crippen LogP contribution in [0.3, 0.4) is 0 Å². The molecule has 1 aliphatic heterocycles. The normalized spacial score (nSPS) is 30.8. The van der Waals surface area contributed by atoms with E-state index >= 15 is 0 Å². The molecule has 7 nitrogen and oxygen atoms in total. The van der Waals surface area contributed by atoms with E-state index in [4.69, 9.17) is 32.8 Å². The Hall–Kier alpha value is -2.04. The molecule has 1 saturated carbocycles. The Kier molecular flexibility index (Phi) is 12.8. The predicted molar refractivity (Wildman–Crippen MR) is 202 cm³/mol. The summed E-state index contributed by atoms with van der Waals surface area (Å²) in [4.78, 5) is 0. The number of methoxy groups -OCH3 is 2. The second-order valence-electron chi connectivity index (χ2n) is 17.0. The molecule has 50 heavy (non-hydrogen) atoms. The topological polar surface area (TPSA) is 64.6 Å². The van der Waals surface area contributed by atoms with Crippen molar-refractivity contribution in [3.63, 3.8) is 0 Å². The molecule has 5 rings (SSSR count). The van der Waals surface area contributed by atoms with E-state index in [9.17, 15) is 0 Å². The van der Waals surface area contributed by atoms with Crippen molar-refractivity contribution in [3.05, 3.63) is 77.4 Å². The van der Waals surface area contributed by atoms with E-state index in [1.54, 1.807) is 14.2 Å². The highest BCUT2D eigenvalue weighted by Gasteiger charge is 2.58. The van der Waals surface area contributed by atoms with Crippen molar-refractivity contribution in [3.8, 4) is 5.75 Å². The monoisotopic (exact) mass is 708 g/mol. The molecule has 2 fully saturated rings. The van der Waals surface area contributed by atoms with Crippen LogP contribution in [0.5, 0.6) is 5.75 Å². The van der Waals surface area contributed by atoms with Crippen molar-refractivity contribution >= 4 is 8.32 Å². The van der Waals surface area contributed by atoms with Gasteiger partial charge in [0, 0.05) is 19.6 Å². The first-order valence-electron chi connectivity index (χ1n) is 18.7. The summed E-state index contributed by atoms with van der Waals surface area (Å²) < 4.78 is 44.8. The molecule has 1 heterocycles. The average Bonchev–Trinajstić information content (AvgIpc) is 3.38.